The summed E-state index contributed by atoms with van der Waals surface area (Å²) in [6.45, 7) is 0.632. The first-order valence-corrected chi connectivity index (χ1v) is 7.99. The first-order valence-electron chi connectivity index (χ1n) is 6.55. The van der Waals surface area contributed by atoms with Gasteiger partial charge >= 0.3 is 0 Å². The highest BCUT2D eigenvalue weighted by molar-refractivity contribution is 7.89. The van der Waals surface area contributed by atoms with Crippen molar-refractivity contribution in [1.29, 1.82) is 0 Å². The fraction of sp³-hybridized carbons (Fsp3) is 0.429. The molecule has 0 saturated carbocycles. The molecule has 1 N–H and O–H groups in total. The number of methoxy groups -OCH3 is 1. The monoisotopic (exact) mass is 315 g/mol. The molecule has 1 aliphatic heterocycles. The first-order chi connectivity index (χ1) is 9.98. The lowest BCUT2D eigenvalue weighted by atomic mass is 10.1. The number of ether oxygens (including phenoxy) is 1. The van der Waals surface area contributed by atoms with Gasteiger partial charge in [-0.15, -0.1) is 0 Å². The lowest BCUT2D eigenvalue weighted by molar-refractivity contribution is 0.219. The second kappa shape index (κ2) is 6.65. The highest BCUT2D eigenvalue weighted by Crippen LogP contribution is 2.24. The SMILES string of the molecule is COCC1=CCN(S(=O)(=O)c2cc(CO)ccc2F)CC1. The van der Waals surface area contributed by atoms with Crippen LogP contribution in [0.25, 0.3) is 0 Å². The lowest BCUT2D eigenvalue weighted by Gasteiger charge is -2.26. The van der Waals surface area contributed by atoms with E-state index in [4.69, 9.17) is 9.84 Å². The summed E-state index contributed by atoms with van der Waals surface area (Å²) in [6.07, 6.45) is 2.35. The smallest absolute Gasteiger partial charge is 0.246 e. The normalized spacial score (nSPS) is 16.8. The minimum Gasteiger partial charge on any atom is -0.392 e. The van der Waals surface area contributed by atoms with Crippen LogP contribution in [0.3, 0.4) is 0 Å². The second-order valence-corrected chi connectivity index (χ2v) is 6.74. The first kappa shape index (κ1) is 16.1. The van der Waals surface area contributed by atoms with Crippen LogP contribution < -0.4 is 0 Å². The minimum atomic E-state index is -3.90. The van der Waals surface area contributed by atoms with Crippen molar-refractivity contribution < 1.29 is 22.7 Å². The largest absolute Gasteiger partial charge is 0.392 e. The van der Waals surface area contributed by atoms with Gasteiger partial charge in [-0.1, -0.05) is 12.1 Å². The zero-order valence-electron chi connectivity index (χ0n) is 11.8. The number of benzene rings is 1. The van der Waals surface area contributed by atoms with Crippen LogP contribution in [0, 0.1) is 5.82 Å². The van der Waals surface area contributed by atoms with Gasteiger partial charge in [0, 0.05) is 20.2 Å². The molecule has 0 radical (unpaired) electrons. The maximum atomic E-state index is 13.8. The zero-order chi connectivity index (χ0) is 15.5. The van der Waals surface area contributed by atoms with E-state index in [2.05, 4.69) is 0 Å². The van der Waals surface area contributed by atoms with E-state index in [-0.39, 0.29) is 13.2 Å². The highest BCUT2D eigenvalue weighted by Gasteiger charge is 2.28. The Kier molecular flexibility index (Phi) is 5.10. The molecule has 0 amide bonds. The predicted octanol–water partition coefficient (Wildman–Crippen LogP) is 1.29. The van der Waals surface area contributed by atoms with Crippen molar-refractivity contribution in [3.05, 3.63) is 41.2 Å². The number of sulfonamides is 1. The Morgan fingerprint density at radius 1 is 1.43 bits per heavy atom. The molecule has 0 spiro atoms. The molecule has 1 heterocycles. The van der Waals surface area contributed by atoms with Crippen molar-refractivity contribution >= 4 is 10.0 Å². The van der Waals surface area contributed by atoms with E-state index in [0.29, 0.717) is 25.1 Å². The van der Waals surface area contributed by atoms with E-state index < -0.39 is 20.7 Å². The number of aliphatic hydroxyl groups excluding tert-OH is 1. The molecule has 0 saturated heterocycles. The molecule has 1 aromatic carbocycles. The van der Waals surface area contributed by atoms with Crippen LogP contribution >= 0.6 is 0 Å². The van der Waals surface area contributed by atoms with Crippen molar-refractivity contribution in [3.8, 4) is 0 Å². The third-order valence-corrected chi connectivity index (χ3v) is 5.27. The minimum absolute atomic E-state index is 0.198. The number of halogens is 1. The topological polar surface area (TPSA) is 66.8 Å². The van der Waals surface area contributed by atoms with E-state index in [1.54, 1.807) is 13.2 Å². The van der Waals surface area contributed by atoms with E-state index in [9.17, 15) is 12.8 Å². The predicted molar refractivity (Wildman–Crippen MR) is 75.7 cm³/mol. The number of nitrogens with zero attached hydrogens (tertiary/aromatic N) is 1. The lowest BCUT2D eigenvalue weighted by Crippen LogP contribution is -2.35. The molecular weight excluding hydrogens is 297 g/mol. The molecule has 116 valence electrons. The molecule has 5 nitrogen and oxygen atoms in total. The van der Waals surface area contributed by atoms with Crippen molar-refractivity contribution in [3.63, 3.8) is 0 Å². The Bertz CT molecular complexity index is 642. The molecule has 7 heteroatoms. The molecule has 0 aliphatic carbocycles. The van der Waals surface area contributed by atoms with Crippen LogP contribution in [0.1, 0.15) is 12.0 Å². The van der Waals surface area contributed by atoms with Crippen molar-refractivity contribution in [2.24, 2.45) is 0 Å². The van der Waals surface area contributed by atoms with Gasteiger partial charge in [0.05, 0.1) is 13.2 Å². The standard InChI is InChI=1S/C14H18FNO4S/c1-20-10-11-4-6-16(7-5-11)21(18,19)14-8-12(9-17)2-3-13(14)15/h2-4,8,17H,5-7,9-10H2,1H3. The third kappa shape index (κ3) is 3.49. The summed E-state index contributed by atoms with van der Waals surface area (Å²) in [4.78, 5) is -0.391. The van der Waals surface area contributed by atoms with Crippen LogP contribution in [-0.4, -0.2) is 44.6 Å². The molecule has 1 aromatic rings. The van der Waals surface area contributed by atoms with Gasteiger partial charge in [-0.25, -0.2) is 12.8 Å². The van der Waals surface area contributed by atoms with Gasteiger partial charge in [0.25, 0.3) is 0 Å². The average molecular weight is 315 g/mol. The maximum Gasteiger partial charge on any atom is 0.246 e. The van der Waals surface area contributed by atoms with Gasteiger partial charge < -0.3 is 9.84 Å². The van der Waals surface area contributed by atoms with Crippen LogP contribution in [0.4, 0.5) is 4.39 Å². The Balaban J connectivity index is 2.27. The second-order valence-electron chi connectivity index (χ2n) is 4.83. The Morgan fingerprint density at radius 3 is 2.76 bits per heavy atom. The zero-order valence-corrected chi connectivity index (χ0v) is 12.6. The maximum absolute atomic E-state index is 13.8. The van der Waals surface area contributed by atoms with Crippen molar-refractivity contribution in [1.82, 2.24) is 4.31 Å². The molecule has 1 aliphatic rings. The molecule has 0 bridgehead atoms. The number of aliphatic hydroxyl groups is 1. The van der Waals surface area contributed by atoms with Gasteiger partial charge in [-0.2, -0.15) is 4.31 Å². The summed E-state index contributed by atoms with van der Waals surface area (Å²) in [7, 11) is -2.32. The van der Waals surface area contributed by atoms with Crippen molar-refractivity contribution in [2.75, 3.05) is 26.8 Å². The summed E-state index contributed by atoms with van der Waals surface area (Å²) in [5.74, 6) is -0.807. The van der Waals surface area contributed by atoms with Gasteiger partial charge in [-0.05, 0) is 29.7 Å². The van der Waals surface area contributed by atoms with E-state index in [0.717, 1.165) is 11.6 Å². The van der Waals surface area contributed by atoms with Crippen LogP contribution in [-0.2, 0) is 21.4 Å². The van der Waals surface area contributed by atoms with Crippen LogP contribution in [0.15, 0.2) is 34.7 Å². The number of hydrogen-bond donors (Lipinski definition) is 1. The van der Waals surface area contributed by atoms with Gasteiger partial charge in [0.1, 0.15) is 10.7 Å². The fourth-order valence-corrected chi connectivity index (χ4v) is 3.71. The van der Waals surface area contributed by atoms with E-state index in [1.807, 2.05) is 0 Å². The average Bonchev–Trinajstić information content (AvgIpc) is 2.48. The summed E-state index contributed by atoms with van der Waals surface area (Å²) >= 11 is 0. The molecule has 0 aromatic heterocycles. The summed E-state index contributed by atoms with van der Waals surface area (Å²) in [6, 6.07) is 3.61. The Morgan fingerprint density at radius 2 is 2.19 bits per heavy atom. The molecule has 0 unspecified atom stereocenters. The van der Waals surface area contributed by atoms with E-state index >= 15 is 0 Å². The fourth-order valence-electron chi connectivity index (χ4n) is 2.21. The summed E-state index contributed by atoms with van der Waals surface area (Å²) < 4.78 is 45.0. The van der Waals surface area contributed by atoms with Crippen LogP contribution in [0.2, 0.25) is 0 Å². The van der Waals surface area contributed by atoms with Gasteiger partial charge in [0.15, 0.2) is 0 Å². The van der Waals surface area contributed by atoms with Crippen LogP contribution in [0.5, 0.6) is 0 Å². The summed E-state index contributed by atoms with van der Waals surface area (Å²) in [5, 5.41) is 9.07. The van der Waals surface area contributed by atoms with Crippen molar-refractivity contribution in [2.45, 2.75) is 17.9 Å². The molecule has 2 rings (SSSR count). The molecule has 0 fully saturated rings. The van der Waals surface area contributed by atoms with E-state index in [1.165, 1.54) is 16.4 Å². The molecule has 21 heavy (non-hydrogen) atoms. The molecule has 0 atom stereocenters. The Labute approximate surface area is 123 Å². The number of rotatable bonds is 5. The van der Waals surface area contributed by atoms with Gasteiger partial charge in [-0.3, -0.25) is 0 Å². The quantitative estimate of drug-likeness (QED) is 0.831. The molecular formula is C14H18FNO4S. The van der Waals surface area contributed by atoms with Gasteiger partial charge in [0.2, 0.25) is 10.0 Å². The highest BCUT2D eigenvalue weighted by atomic mass is 32.2. The number of hydrogen-bond acceptors (Lipinski definition) is 4. The third-order valence-electron chi connectivity index (χ3n) is 3.39. The Hall–Kier alpha value is -1.28. The summed E-state index contributed by atoms with van der Waals surface area (Å²) in [5.41, 5.74) is 1.40.